The molecular formula is C15H13NO2S. The van der Waals surface area contributed by atoms with E-state index >= 15 is 0 Å². The Morgan fingerprint density at radius 1 is 1.26 bits per heavy atom. The largest absolute Gasteiger partial charge is 0.478 e. The van der Waals surface area contributed by atoms with E-state index < -0.39 is 5.97 Å². The third-order valence-corrected chi connectivity index (χ3v) is 4.19. The van der Waals surface area contributed by atoms with E-state index in [-0.39, 0.29) is 0 Å². The van der Waals surface area contributed by atoms with Crippen LogP contribution in [0.2, 0.25) is 0 Å². The van der Waals surface area contributed by atoms with Crippen LogP contribution >= 0.6 is 11.3 Å². The molecule has 0 saturated heterocycles. The number of aryl methyl sites for hydroxylation is 2. The van der Waals surface area contributed by atoms with Gasteiger partial charge in [0, 0.05) is 27.7 Å². The molecule has 3 aromatic rings. The van der Waals surface area contributed by atoms with E-state index in [0.717, 1.165) is 21.5 Å². The van der Waals surface area contributed by atoms with E-state index in [1.807, 2.05) is 48.8 Å². The van der Waals surface area contributed by atoms with Crippen molar-refractivity contribution in [2.45, 2.75) is 13.8 Å². The average molecular weight is 271 g/mol. The van der Waals surface area contributed by atoms with Crippen molar-refractivity contribution in [1.29, 1.82) is 0 Å². The topological polar surface area (TPSA) is 41.7 Å². The number of aromatic nitrogens is 1. The second kappa shape index (κ2) is 4.24. The number of rotatable bonds is 2. The first-order chi connectivity index (χ1) is 9.08. The van der Waals surface area contributed by atoms with Crippen LogP contribution in [0.5, 0.6) is 0 Å². The molecule has 0 radical (unpaired) electrons. The highest BCUT2D eigenvalue weighted by atomic mass is 32.1. The normalized spacial score (nSPS) is 11.1. The van der Waals surface area contributed by atoms with Crippen LogP contribution in [-0.4, -0.2) is 15.5 Å². The maximum Gasteiger partial charge on any atom is 0.338 e. The number of carboxylic acids is 1. The first-order valence-corrected chi connectivity index (χ1v) is 6.80. The molecule has 0 bridgehead atoms. The lowest BCUT2D eigenvalue weighted by Gasteiger charge is -1.99. The summed E-state index contributed by atoms with van der Waals surface area (Å²) in [5, 5.41) is 9.50. The minimum atomic E-state index is -0.882. The molecule has 0 spiro atoms. The summed E-state index contributed by atoms with van der Waals surface area (Å²) >= 11 is 1.69. The minimum absolute atomic E-state index is 0.376. The molecule has 3 heterocycles. The van der Waals surface area contributed by atoms with Gasteiger partial charge in [0.15, 0.2) is 0 Å². The maximum atomic E-state index is 11.6. The molecule has 0 aliphatic carbocycles. The smallest absolute Gasteiger partial charge is 0.338 e. The van der Waals surface area contributed by atoms with Crippen molar-refractivity contribution in [3.05, 3.63) is 52.0 Å². The van der Waals surface area contributed by atoms with E-state index in [1.165, 1.54) is 4.88 Å². The number of aromatic carboxylic acids is 1. The van der Waals surface area contributed by atoms with Gasteiger partial charge in [0.25, 0.3) is 0 Å². The summed E-state index contributed by atoms with van der Waals surface area (Å²) in [6.45, 7) is 4.07. The van der Waals surface area contributed by atoms with Gasteiger partial charge in [-0.05, 0) is 37.6 Å². The summed E-state index contributed by atoms with van der Waals surface area (Å²) in [5.74, 6) is -0.882. The number of fused-ring (bicyclic) bond motifs is 1. The Balaban J connectivity index is 2.37. The van der Waals surface area contributed by atoms with Crippen molar-refractivity contribution in [2.24, 2.45) is 0 Å². The molecular weight excluding hydrogens is 258 g/mol. The predicted molar refractivity (Wildman–Crippen MR) is 77.1 cm³/mol. The zero-order valence-electron chi connectivity index (χ0n) is 10.7. The van der Waals surface area contributed by atoms with Gasteiger partial charge in [-0.15, -0.1) is 11.3 Å². The van der Waals surface area contributed by atoms with Gasteiger partial charge in [0.1, 0.15) is 0 Å². The quantitative estimate of drug-likeness (QED) is 0.766. The summed E-state index contributed by atoms with van der Waals surface area (Å²) in [6, 6.07) is 7.65. The zero-order chi connectivity index (χ0) is 13.6. The average Bonchev–Trinajstić information content (AvgIpc) is 2.88. The Bertz CT molecular complexity index is 783. The Morgan fingerprint density at radius 3 is 2.68 bits per heavy atom. The first kappa shape index (κ1) is 12.0. The van der Waals surface area contributed by atoms with Gasteiger partial charge in [0.05, 0.1) is 11.1 Å². The fourth-order valence-corrected chi connectivity index (χ4v) is 3.39. The second-order valence-electron chi connectivity index (χ2n) is 4.54. The molecule has 0 fully saturated rings. The van der Waals surface area contributed by atoms with Gasteiger partial charge in [-0.1, -0.05) is 6.07 Å². The van der Waals surface area contributed by atoms with E-state index in [9.17, 15) is 9.90 Å². The van der Waals surface area contributed by atoms with Crippen LogP contribution < -0.4 is 0 Å². The predicted octanol–water partition coefficient (Wildman–Crippen LogP) is 3.98. The fourth-order valence-electron chi connectivity index (χ4n) is 2.45. The number of thiophene rings is 1. The molecule has 0 aromatic carbocycles. The number of carboxylic acid groups (broad SMARTS) is 1. The maximum absolute atomic E-state index is 11.6. The molecule has 3 nitrogen and oxygen atoms in total. The highest BCUT2D eigenvalue weighted by Gasteiger charge is 2.20. The number of carbonyl (C=O) groups is 1. The lowest BCUT2D eigenvalue weighted by molar-refractivity contribution is 0.0700. The van der Waals surface area contributed by atoms with E-state index in [1.54, 1.807) is 11.3 Å². The lowest BCUT2D eigenvalue weighted by atomic mass is 10.0. The van der Waals surface area contributed by atoms with Gasteiger partial charge >= 0.3 is 5.97 Å². The van der Waals surface area contributed by atoms with Crippen molar-refractivity contribution in [3.63, 3.8) is 0 Å². The van der Waals surface area contributed by atoms with Gasteiger partial charge < -0.3 is 9.51 Å². The van der Waals surface area contributed by atoms with Crippen molar-refractivity contribution < 1.29 is 9.90 Å². The number of nitrogens with zero attached hydrogens (tertiary/aromatic N) is 1. The number of hydrogen-bond acceptors (Lipinski definition) is 2. The third kappa shape index (κ3) is 1.85. The summed E-state index contributed by atoms with van der Waals surface area (Å²) in [4.78, 5) is 13.9. The van der Waals surface area contributed by atoms with Crippen molar-refractivity contribution >= 4 is 22.8 Å². The molecule has 0 aliphatic heterocycles. The molecule has 0 aliphatic rings. The molecule has 96 valence electrons. The number of pyridine rings is 1. The molecule has 4 heteroatoms. The van der Waals surface area contributed by atoms with Crippen LogP contribution in [0.25, 0.3) is 16.6 Å². The molecule has 0 saturated carbocycles. The minimum Gasteiger partial charge on any atom is -0.478 e. The molecule has 3 rings (SSSR count). The van der Waals surface area contributed by atoms with Crippen LogP contribution in [0.15, 0.2) is 36.7 Å². The lowest BCUT2D eigenvalue weighted by Crippen LogP contribution is -1.97. The summed E-state index contributed by atoms with van der Waals surface area (Å²) < 4.78 is 1.87. The summed E-state index contributed by atoms with van der Waals surface area (Å²) in [7, 11) is 0. The Hall–Kier alpha value is -2.07. The van der Waals surface area contributed by atoms with Gasteiger partial charge in [-0.3, -0.25) is 0 Å². The van der Waals surface area contributed by atoms with Crippen molar-refractivity contribution in [1.82, 2.24) is 4.40 Å². The fraction of sp³-hybridized carbons (Fsp3) is 0.133. The van der Waals surface area contributed by atoms with Crippen LogP contribution in [0.4, 0.5) is 0 Å². The van der Waals surface area contributed by atoms with Crippen LogP contribution in [0, 0.1) is 13.8 Å². The molecule has 0 atom stereocenters. The molecule has 0 amide bonds. The molecule has 1 N–H and O–H groups in total. The second-order valence-corrected chi connectivity index (χ2v) is 6.00. The van der Waals surface area contributed by atoms with Gasteiger partial charge in [0.2, 0.25) is 0 Å². The monoisotopic (exact) mass is 271 g/mol. The first-order valence-electron chi connectivity index (χ1n) is 5.98. The SMILES string of the molecule is Cc1cc(-c2cn3ccccc3c2C(=O)O)c(C)s1. The molecule has 19 heavy (non-hydrogen) atoms. The molecule has 3 aromatic heterocycles. The van der Waals surface area contributed by atoms with Crippen LogP contribution in [0.3, 0.4) is 0 Å². The van der Waals surface area contributed by atoms with E-state index in [2.05, 4.69) is 6.07 Å². The number of hydrogen-bond donors (Lipinski definition) is 1. The van der Waals surface area contributed by atoms with Gasteiger partial charge in [-0.2, -0.15) is 0 Å². The Kier molecular flexibility index (Phi) is 2.68. The van der Waals surface area contributed by atoms with Crippen LogP contribution in [-0.2, 0) is 0 Å². The highest BCUT2D eigenvalue weighted by molar-refractivity contribution is 7.12. The highest BCUT2D eigenvalue weighted by Crippen LogP contribution is 2.35. The standard InChI is InChI=1S/C15H13NO2S/c1-9-7-11(10(2)19-9)12-8-16-6-4-3-5-13(16)14(12)15(17)18/h3-8H,1-2H3,(H,17,18). The Labute approximate surface area is 114 Å². The van der Waals surface area contributed by atoms with E-state index in [0.29, 0.717) is 5.56 Å². The third-order valence-electron chi connectivity index (χ3n) is 3.23. The van der Waals surface area contributed by atoms with E-state index in [4.69, 9.17) is 0 Å². The molecule has 0 unspecified atom stereocenters. The van der Waals surface area contributed by atoms with Crippen molar-refractivity contribution in [2.75, 3.05) is 0 Å². The zero-order valence-corrected chi connectivity index (χ0v) is 11.5. The summed E-state index contributed by atoms with van der Waals surface area (Å²) in [5.41, 5.74) is 2.92. The van der Waals surface area contributed by atoms with Crippen molar-refractivity contribution in [3.8, 4) is 11.1 Å². The van der Waals surface area contributed by atoms with Crippen LogP contribution in [0.1, 0.15) is 20.1 Å². The summed E-state index contributed by atoms with van der Waals surface area (Å²) in [6.07, 6.45) is 3.77. The Morgan fingerprint density at radius 2 is 2.05 bits per heavy atom. The van der Waals surface area contributed by atoms with Gasteiger partial charge in [-0.25, -0.2) is 4.79 Å².